The Morgan fingerprint density at radius 1 is 0.282 bits per heavy atom. The molecule has 0 heterocycles. The molecule has 2 radical (unpaired) electrons. The highest BCUT2D eigenvalue weighted by Crippen LogP contribution is 2.33. The summed E-state index contributed by atoms with van der Waals surface area (Å²) in [6.07, 6.45) is 0. The minimum absolute atomic E-state index is 0.572. The zero-order valence-corrected chi connectivity index (χ0v) is 24.3. The zero-order valence-electron chi connectivity index (χ0n) is 21.6. The van der Waals surface area contributed by atoms with Crippen molar-refractivity contribution in [3.05, 3.63) is 170 Å². The Hall–Kier alpha value is -3.60. The number of rotatable bonds is 8. The van der Waals surface area contributed by atoms with Gasteiger partial charge in [-0.3, -0.25) is 0 Å². The molecule has 0 fully saturated rings. The van der Waals surface area contributed by atoms with Crippen molar-refractivity contribution >= 4 is 67.6 Å². The lowest BCUT2D eigenvalue weighted by Crippen LogP contribution is -2.45. The van der Waals surface area contributed by atoms with Crippen LogP contribution in [0.4, 0.5) is 0 Å². The predicted molar refractivity (Wildman–Crippen MR) is 175 cm³/mol. The highest BCUT2D eigenvalue weighted by atomic mass is 31.1. The van der Waals surface area contributed by atoms with Crippen molar-refractivity contribution in [2.75, 3.05) is 0 Å². The van der Waals surface area contributed by atoms with Gasteiger partial charge in [0.2, 0.25) is 0 Å². The highest BCUT2D eigenvalue weighted by Gasteiger charge is 2.23. The maximum absolute atomic E-state index is 2.36. The van der Waals surface area contributed by atoms with Crippen molar-refractivity contribution in [3.63, 3.8) is 0 Å². The number of benzene rings is 6. The van der Waals surface area contributed by atoms with Gasteiger partial charge in [0.15, 0.2) is 0 Å². The highest BCUT2D eigenvalue weighted by molar-refractivity contribution is 7.81. The molecule has 6 aromatic carbocycles. The summed E-state index contributed by atoms with van der Waals surface area (Å²) >= 11 is 0. The molecule has 0 nitrogen and oxygen atoms in total. The van der Waals surface area contributed by atoms with Gasteiger partial charge in [-0.15, -0.1) is 0 Å². The number of hydrogen-bond acceptors (Lipinski definition) is 0. The summed E-state index contributed by atoms with van der Waals surface area (Å²) in [6, 6.07) is 62.3. The van der Waals surface area contributed by atoms with Crippen molar-refractivity contribution in [2.45, 2.75) is 0 Å². The molecule has 0 atom stereocenters. The Bertz CT molecular complexity index is 1420. The van der Waals surface area contributed by atoms with E-state index in [4.69, 9.17) is 0 Å². The van der Waals surface area contributed by atoms with Crippen molar-refractivity contribution in [3.8, 4) is 0 Å². The topological polar surface area (TPSA) is 0 Å². The second-order valence-electron chi connectivity index (χ2n) is 9.17. The molecule has 39 heavy (non-hydrogen) atoms. The van der Waals surface area contributed by atoms with Crippen LogP contribution in [0.3, 0.4) is 0 Å². The fourth-order valence-electron chi connectivity index (χ4n) is 4.86. The SMILES string of the molecule is c1ccc(P(c2ccccc2)c2ccccc2[Si]c2ccccc2P(c2ccccc2)c2ccccc2)cc1. The van der Waals surface area contributed by atoms with Gasteiger partial charge >= 0.3 is 0 Å². The van der Waals surface area contributed by atoms with Crippen molar-refractivity contribution < 1.29 is 0 Å². The van der Waals surface area contributed by atoms with Gasteiger partial charge in [0.1, 0.15) is 9.52 Å². The van der Waals surface area contributed by atoms with Gasteiger partial charge in [0, 0.05) is 0 Å². The summed E-state index contributed by atoms with van der Waals surface area (Å²) in [5, 5.41) is 11.3. The normalized spacial score (nSPS) is 11.1. The molecule has 6 aromatic rings. The fraction of sp³-hybridized carbons (Fsp3) is 0. The summed E-state index contributed by atoms with van der Waals surface area (Å²) < 4.78 is 0. The first-order chi connectivity index (χ1) is 19.4. The molecule has 3 heteroatoms. The van der Waals surface area contributed by atoms with Crippen LogP contribution < -0.4 is 42.2 Å². The van der Waals surface area contributed by atoms with E-state index in [0.717, 1.165) is 0 Å². The third kappa shape index (κ3) is 5.87. The number of hydrogen-bond donors (Lipinski definition) is 0. The molecule has 0 unspecified atom stereocenters. The lowest BCUT2D eigenvalue weighted by molar-refractivity contribution is 1.74. The van der Waals surface area contributed by atoms with Gasteiger partial charge < -0.3 is 0 Å². The summed E-state index contributed by atoms with van der Waals surface area (Å²) in [5.41, 5.74) is 0. The molecular formula is C36H28P2Si. The van der Waals surface area contributed by atoms with Crippen LogP contribution in [-0.2, 0) is 0 Å². The first kappa shape index (κ1) is 25.7. The Labute approximate surface area is 236 Å². The van der Waals surface area contributed by atoms with Gasteiger partial charge in [0.05, 0.1) is 0 Å². The maximum atomic E-state index is 2.36. The smallest absolute Gasteiger partial charge is 0.0625 e. The Morgan fingerprint density at radius 2 is 0.538 bits per heavy atom. The molecule has 0 saturated carbocycles. The molecule has 0 saturated heterocycles. The van der Waals surface area contributed by atoms with Crippen LogP contribution >= 0.6 is 15.8 Å². The quantitative estimate of drug-likeness (QED) is 0.188. The van der Waals surface area contributed by atoms with Gasteiger partial charge in [-0.25, -0.2) is 0 Å². The lowest BCUT2D eigenvalue weighted by atomic mass is 10.3. The molecule has 6 rings (SSSR count). The largest absolute Gasteiger partial charge is 0.123 e. The lowest BCUT2D eigenvalue weighted by Gasteiger charge is -2.24. The van der Waals surface area contributed by atoms with Gasteiger partial charge in [0.25, 0.3) is 0 Å². The monoisotopic (exact) mass is 550 g/mol. The summed E-state index contributed by atoms with van der Waals surface area (Å²) in [6.45, 7) is 0. The van der Waals surface area contributed by atoms with Crippen LogP contribution in [0.5, 0.6) is 0 Å². The molecule has 0 aromatic heterocycles. The maximum Gasteiger partial charge on any atom is 0.123 e. The minimum Gasteiger partial charge on any atom is -0.0625 e. The van der Waals surface area contributed by atoms with E-state index in [-0.39, 0.29) is 0 Å². The van der Waals surface area contributed by atoms with E-state index in [0.29, 0.717) is 9.52 Å². The minimum atomic E-state index is -0.663. The van der Waals surface area contributed by atoms with Crippen LogP contribution in [-0.4, -0.2) is 9.52 Å². The third-order valence-electron chi connectivity index (χ3n) is 6.62. The second-order valence-corrected chi connectivity index (χ2v) is 14.9. The summed E-state index contributed by atoms with van der Waals surface area (Å²) in [7, 11) is -0.755. The summed E-state index contributed by atoms with van der Waals surface area (Å²) in [5.74, 6) is 0. The standard InChI is InChI=1S/C36H28P2Si/c1-5-17-29(18-6-1)37(30-19-7-2-8-20-30)33-25-13-15-27-35(33)39-36-28-16-14-26-34(36)38(31-21-9-3-10-22-31)32-23-11-4-12-24-32/h1-28H. The Balaban J connectivity index is 1.46. The molecule has 0 N–H and O–H groups in total. The van der Waals surface area contributed by atoms with Gasteiger partial charge in [-0.2, -0.15) is 0 Å². The molecule has 0 aliphatic heterocycles. The molecule has 0 bridgehead atoms. The van der Waals surface area contributed by atoms with E-state index >= 15 is 0 Å². The molecule has 0 aliphatic rings. The van der Waals surface area contributed by atoms with E-state index in [1.54, 1.807) is 0 Å². The van der Waals surface area contributed by atoms with E-state index in [9.17, 15) is 0 Å². The second kappa shape index (κ2) is 12.5. The first-order valence-electron chi connectivity index (χ1n) is 13.1. The Morgan fingerprint density at radius 3 is 0.846 bits per heavy atom. The van der Waals surface area contributed by atoms with E-state index < -0.39 is 15.8 Å². The average Bonchev–Trinajstić information content (AvgIpc) is 3.01. The Kier molecular flexibility index (Phi) is 8.23. The van der Waals surface area contributed by atoms with Crippen molar-refractivity contribution in [1.82, 2.24) is 0 Å². The molecule has 0 spiro atoms. The van der Waals surface area contributed by atoms with Crippen LogP contribution in [0.25, 0.3) is 0 Å². The molecule has 0 amide bonds. The van der Waals surface area contributed by atoms with Crippen molar-refractivity contribution in [1.29, 1.82) is 0 Å². The van der Waals surface area contributed by atoms with E-state index in [1.165, 1.54) is 42.2 Å². The van der Waals surface area contributed by atoms with E-state index in [1.807, 2.05) is 0 Å². The molecular weight excluding hydrogens is 522 g/mol. The summed E-state index contributed by atoms with van der Waals surface area (Å²) in [4.78, 5) is 0. The molecule has 0 aliphatic carbocycles. The van der Waals surface area contributed by atoms with Crippen LogP contribution in [0.15, 0.2) is 170 Å². The zero-order chi connectivity index (χ0) is 26.3. The average molecular weight is 551 g/mol. The van der Waals surface area contributed by atoms with Crippen molar-refractivity contribution in [2.24, 2.45) is 0 Å². The van der Waals surface area contributed by atoms with Crippen LogP contribution in [0.2, 0.25) is 0 Å². The predicted octanol–water partition coefficient (Wildman–Crippen LogP) is 4.86. The van der Waals surface area contributed by atoms with Crippen LogP contribution in [0, 0.1) is 0 Å². The first-order valence-corrected chi connectivity index (χ1v) is 16.8. The van der Waals surface area contributed by atoms with Crippen LogP contribution in [0.1, 0.15) is 0 Å². The molecule has 186 valence electrons. The van der Waals surface area contributed by atoms with Gasteiger partial charge in [-0.1, -0.05) is 180 Å². The third-order valence-corrected chi connectivity index (χ3v) is 13.5. The van der Waals surface area contributed by atoms with Gasteiger partial charge in [-0.05, 0) is 47.7 Å². The van der Waals surface area contributed by atoms with E-state index in [2.05, 4.69) is 170 Å². The fourth-order valence-corrected chi connectivity index (χ4v) is 11.6.